The molecule has 0 amide bonds. The maximum atomic E-state index is 5.46. The molecule has 2 aromatic rings. The number of hydrogen-bond acceptors (Lipinski definition) is 3. The molecule has 1 aromatic carbocycles. The van der Waals surface area contributed by atoms with Crippen LogP contribution in [0.4, 0.5) is 0 Å². The summed E-state index contributed by atoms with van der Waals surface area (Å²) in [5.41, 5.74) is 3.34. The number of nitrogens with zero attached hydrogens (tertiary/aromatic N) is 2. The Morgan fingerprint density at radius 2 is 2.10 bits per heavy atom. The number of rotatable bonds is 5. The molecule has 0 aliphatic heterocycles. The fourth-order valence-corrected chi connectivity index (χ4v) is 2.91. The van der Waals surface area contributed by atoms with Crippen LogP contribution >= 0.6 is 15.9 Å². The lowest BCUT2D eigenvalue weighted by Gasteiger charge is -2.19. The van der Waals surface area contributed by atoms with Gasteiger partial charge in [0, 0.05) is 25.1 Å². The number of nitrogens with one attached hydrogen (secondary N) is 1. The van der Waals surface area contributed by atoms with Gasteiger partial charge in [-0.25, -0.2) is 0 Å². The molecule has 1 heterocycles. The predicted octanol–water partition coefficient (Wildman–Crippen LogP) is 3.00. The largest absolute Gasteiger partial charge is 0.496 e. The summed E-state index contributed by atoms with van der Waals surface area (Å²) < 4.78 is 8.47. The molecule has 1 N–H and O–H groups in total. The third-order valence-electron chi connectivity index (χ3n) is 3.52. The molecular formula is C15H20BrN3O. The van der Waals surface area contributed by atoms with E-state index < -0.39 is 0 Å². The van der Waals surface area contributed by atoms with E-state index in [1.54, 1.807) is 7.11 Å². The molecule has 1 aromatic heterocycles. The minimum Gasteiger partial charge on any atom is -0.496 e. The molecule has 0 aliphatic carbocycles. The van der Waals surface area contributed by atoms with Crippen LogP contribution in [0.3, 0.4) is 0 Å². The second-order valence-electron chi connectivity index (χ2n) is 4.76. The fraction of sp³-hybridized carbons (Fsp3) is 0.400. The maximum Gasteiger partial charge on any atom is 0.123 e. The Hall–Kier alpha value is -1.33. The zero-order valence-corrected chi connectivity index (χ0v) is 13.9. The third-order valence-corrected chi connectivity index (χ3v) is 4.55. The molecule has 0 fully saturated rings. The van der Waals surface area contributed by atoms with E-state index in [0.29, 0.717) is 0 Å². The highest BCUT2D eigenvalue weighted by molar-refractivity contribution is 9.10. The zero-order chi connectivity index (χ0) is 14.7. The monoisotopic (exact) mass is 337 g/mol. The van der Waals surface area contributed by atoms with Crippen molar-refractivity contribution in [1.82, 2.24) is 15.1 Å². The fourth-order valence-electron chi connectivity index (χ4n) is 2.42. The molecule has 0 radical (unpaired) electrons. The Morgan fingerprint density at radius 3 is 2.65 bits per heavy atom. The highest BCUT2D eigenvalue weighted by Crippen LogP contribution is 2.30. The van der Waals surface area contributed by atoms with E-state index in [9.17, 15) is 0 Å². The van der Waals surface area contributed by atoms with Gasteiger partial charge in [-0.2, -0.15) is 5.10 Å². The van der Waals surface area contributed by atoms with E-state index in [1.165, 1.54) is 5.69 Å². The molecule has 5 heteroatoms. The smallest absolute Gasteiger partial charge is 0.123 e. The van der Waals surface area contributed by atoms with Crippen molar-refractivity contribution in [3.8, 4) is 5.75 Å². The van der Waals surface area contributed by atoms with Crippen LogP contribution in [0.15, 0.2) is 28.7 Å². The lowest BCUT2D eigenvalue weighted by Crippen LogP contribution is -2.21. The zero-order valence-electron chi connectivity index (χ0n) is 12.3. The summed E-state index contributed by atoms with van der Waals surface area (Å²) in [5, 5.41) is 7.81. The van der Waals surface area contributed by atoms with Crippen molar-refractivity contribution in [3.05, 3.63) is 45.7 Å². The number of aromatic nitrogens is 2. The van der Waals surface area contributed by atoms with Crippen LogP contribution in [0.2, 0.25) is 0 Å². The summed E-state index contributed by atoms with van der Waals surface area (Å²) in [4.78, 5) is 0. The standard InChI is InChI=1S/C15H20BrN3O/c1-10-15(16)13(19(3)18-10)9-12(17-2)11-7-5-6-8-14(11)20-4/h5-8,12,17H,9H2,1-4H3. The van der Waals surface area contributed by atoms with E-state index in [-0.39, 0.29) is 6.04 Å². The molecular weight excluding hydrogens is 318 g/mol. The quantitative estimate of drug-likeness (QED) is 0.911. The van der Waals surface area contributed by atoms with Gasteiger partial charge in [-0.05, 0) is 36.0 Å². The van der Waals surface area contributed by atoms with Crippen molar-refractivity contribution in [2.45, 2.75) is 19.4 Å². The number of aryl methyl sites for hydroxylation is 2. The van der Waals surface area contributed by atoms with Gasteiger partial charge in [0.25, 0.3) is 0 Å². The van der Waals surface area contributed by atoms with E-state index in [1.807, 2.05) is 43.9 Å². The van der Waals surface area contributed by atoms with Crippen molar-refractivity contribution in [3.63, 3.8) is 0 Å². The van der Waals surface area contributed by atoms with Gasteiger partial charge in [0.1, 0.15) is 5.75 Å². The summed E-state index contributed by atoms with van der Waals surface area (Å²) in [5.74, 6) is 0.905. The minimum absolute atomic E-state index is 0.178. The average Bonchev–Trinajstić information content (AvgIpc) is 2.70. The SMILES string of the molecule is CNC(Cc1c(Br)c(C)nn1C)c1ccccc1OC. The van der Waals surface area contributed by atoms with Crippen LogP contribution in [-0.4, -0.2) is 23.9 Å². The topological polar surface area (TPSA) is 39.1 Å². The number of methoxy groups -OCH3 is 1. The van der Waals surface area contributed by atoms with E-state index >= 15 is 0 Å². The number of halogens is 1. The molecule has 4 nitrogen and oxygen atoms in total. The average molecular weight is 338 g/mol. The Kier molecular flexibility index (Phi) is 4.83. The number of benzene rings is 1. The lowest BCUT2D eigenvalue weighted by atomic mass is 10.0. The summed E-state index contributed by atoms with van der Waals surface area (Å²) >= 11 is 3.62. The van der Waals surface area contributed by atoms with Gasteiger partial charge in [0.15, 0.2) is 0 Å². The van der Waals surface area contributed by atoms with Crippen LogP contribution in [0.25, 0.3) is 0 Å². The highest BCUT2D eigenvalue weighted by Gasteiger charge is 2.19. The first-order valence-corrected chi connectivity index (χ1v) is 7.36. The van der Waals surface area contributed by atoms with Gasteiger partial charge in [0.2, 0.25) is 0 Å². The molecule has 0 saturated carbocycles. The maximum absolute atomic E-state index is 5.46. The van der Waals surface area contributed by atoms with Gasteiger partial charge < -0.3 is 10.1 Å². The summed E-state index contributed by atoms with van der Waals surface area (Å²) in [6.45, 7) is 2.01. The van der Waals surface area contributed by atoms with Gasteiger partial charge in [-0.3, -0.25) is 4.68 Å². The van der Waals surface area contributed by atoms with Crippen LogP contribution in [0.5, 0.6) is 5.75 Å². The Labute approximate surface area is 128 Å². The van der Waals surface area contributed by atoms with Crippen molar-refractivity contribution >= 4 is 15.9 Å². The third kappa shape index (κ3) is 2.88. The van der Waals surface area contributed by atoms with Crippen LogP contribution in [-0.2, 0) is 13.5 Å². The summed E-state index contributed by atoms with van der Waals surface area (Å²) in [6.07, 6.45) is 0.842. The Bertz CT molecular complexity index is 595. The van der Waals surface area contributed by atoms with E-state index in [0.717, 1.165) is 27.9 Å². The molecule has 1 atom stereocenters. The molecule has 2 rings (SSSR count). The van der Waals surface area contributed by atoms with Gasteiger partial charge >= 0.3 is 0 Å². The van der Waals surface area contributed by atoms with Crippen molar-refractivity contribution in [1.29, 1.82) is 0 Å². The second-order valence-corrected chi connectivity index (χ2v) is 5.55. The second kappa shape index (κ2) is 6.41. The first kappa shape index (κ1) is 15.1. The molecule has 0 spiro atoms. The van der Waals surface area contributed by atoms with Gasteiger partial charge in [0.05, 0.1) is 23.0 Å². The molecule has 108 valence electrons. The lowest BCUT2D eigenvalue weighted by molar-refractivity contribution is 0.400. The number of likely N-dealkylation sites (N-methyl/N-ethyl adjacent to an activating group) is 1. The van der Waals surface area contributed by atoms with E-state index in [2.05, 4.69) is 32.4 Å². The molecule has 0 saturated heterocycles. The predicted molar refractivity (Wildman–Crippen MR) is 84.1 cm³/mol. The molecule has 1 unspecified atom stereocenters. The minimum atomic E-state index is 0.178. The van der Waals surface area contributed by atoms with Crippen molar-refractivity contribution in [2.24, 2.45) is 7.05 Å². The summed E-state index contributed by atoms with van der Waals surface area (Å²) in [6, 6.07) is 8.28. The molecule has 0 aliphatic rings. The summed E-state index contributed by atoms with van der Waals surface area (Å²) in [7, 11) is 5.64. The number of ether oxygens (including phenoxy) is 1. The van der Waals surface area contributed by atoms with Gasteiger partial charge in [-0.1, -0.05) is 18.2 Å². The number of para-hydroxylation sites is 1. The van der Waals surface area contributed by atoms with Crippen LogP contribution < -0.4 is 10.1 Å². The van der Waals surface area contributed by atoms with E-state index in [4.69, 9.17) is 4.74 Å². The van der Waals surface area contributed by atoms with Crippen LogP contribution in [0.1, 0.15) is 23.0 Å². The van der Waals surface area contributed by atoms with Crippen molar-refractivity contribution in [2.75, 3.05) is 14.2 Å². The first-order valence-electron chi connectivity index (χ1n) is 6.56. The Balaban J connectivity index is 2.34. The molecule has 20 heavy (non-hydrogen) atoms. The van der Waals surface area contributed by atoms with Crippen molar-refractivity contribution < 1.29 is 4.74 Å². The highest BCUT2D eigenvalue weighted by atomic mass is 79.9. The normalized spacial score (nSPS) is 12.4. The first-order chi connectivity index (χ1) is 9.58. The van der Waals surface area contributed by atoms with Crippen LogP contribution in [0, 0.1) is 6.92 Å². The van der Waals surface area contributed by atoms with Gasteiger partial charge in [-0.15, -0.1) is 0 Å². The number of hydrogen-bond donors (Lipinski definition) is 1. The molecule has 0 bridgehead atoms. The Morgan fingerprint density at radius 1 is 1.40 bits per heavy atom.